The van der Waals surface area contributed by atoms with Gasteiger partial charge in [0, 0.05) is 44.1 Å². The van der Waals surface area contributed by atoms with Crippen molar-refractivity contribution in [2.24, 2.45) is 0 Å². The van der Waals surface area contributed by atoms with Crippen LogP contribution >= 0.6 is 0 Å². The van der Waals surface area contributed by atoms with Crippen LogP contribution in [0, 0.1) is 0 Å². The van der Waals surface area contributed by atoms with E-state index in [9.17, 15) is 9.59 Å². The maximum atomic E-state index is 12.8. The zero-order valence-corrected chi connectivity index (χ0v) is 15.1. The number of ether oxygens (including phenoxy) is 1. The minimum Gasteiger partial charge on any atom is -0.379 e. The number of aromatic nitrogens is 1. The van der Waals surface area contributed by atoms with Crippen molar-refractivity contribution in [2.45, 2.75) is 12.5 Å². The molecule has 1 fully saturated rings. The first-order chi connectivity index (χ1) is 13.2. The number of anilines is 1. The van der Waals surface area contributed by atoms with Crippen LogP contribution in [0.15, 0.2) is 54.9 Å². The highest BCUT2D eigenvalue weighted by atomic mass is 16.5. The Balaban J connectivity index is 1.55. The standard InChI is InChI=1S/C20H24N4O3/c25-18(23-17-6-2-1-3-7-17)8-10-22-20(26)19(16-5-4-9-21-15-16)24-11-13-27-14-12-24/h1-7,9,15,19H,8,10-14H2,(H,22,26)(H,23,25)/t19-/m1/s1. The van der Waals surface area contributed by atoms with Crippen molar-refractivity contribution in [1.82, 2.24) is 15.2 Å². The van der Waals surface area contributed by atoms with Crippen LogP contribution in [0.4, 0.5) is 5.69 Å². The van der Waals surface area contributed by atoms with Crippen molar-refractivity contribution in [3.63, 3.8) is 0 Å². The van der Waals surface area contributed by atoms with Gasteiger partial charge in [-0.2, -0.15) is 0 Å². The van der Waals surface area contributed by atoms with Crippen LogP contribution in [-0.4, -0.2) is 54.5 Å². The molecule has 27 heavy (non-hydrogen) atoms. The topological polar surface area (TPSA) is 83.6 Å². The zero-order valence-electron chi connectivity index (χ0n) is 15.1. The molecule has 1 aliphatic rings. The Morgan fingerprint density at radius 3 is 2.59 bits per heavy atom. The lowest BCUT2D eigenvalue weighted by molar-refractivity contribution is -0.128. The SMILES string of the molecule is O=C(CCNC(=O)[C@@H](c1cccnc1)N1CCOCC1)Nc1ccccc1. The Morgan fingerprint density at radius 2 is 1.89 bits per heavy atom. The molecule has 0 spiro atoms. The van der Waals surface area contributed by atoms with Gasteiger partial charge >= 0.3 is 0 Å². The number of carbonyl (C=O) groups is 2. The first-order valence-corrected chi connectivity index (χ1v) is 9.08. The fourth-order valence-corrected chi connectivity index (χ4v) is 3.04. The summed E-state index contributed by atoms with van der Waals surface area (Å²) in [5.41, 5.74) is 1.58. The molecular formula is C20H24N4O3. The van der Waals surface area contributed by atoms with Gasteiger partial charge in [0.05, 0.1) is 13.2 Å². The highest BCUT2D eigenvalue weighted by molar-refractivity contribution is 5.91. The normalized spacial score (nSPS) is 15.7. The molecule has 142 valence electrons. The number of nitrogens with zero attached hydrogens (tertiary/aromatic N) is 2. The maximum absolute atomic E-state index is 12.8. The number of para-hydroxylation sites is 1. The van der Waals surface area contributed by atoms with E-state index in [1.165, 1.54) is 0 Å². The summed E-state index contributed by atoms with van der Waals surface area (Å²) in [6.45, 7) is 2.84. The Bertz CT molecular complexity index is 733. The molecule has 2 heterocycles. The molecule has 2 N–H and O–H groups in total. The minimum atomic E-state index is -0.431. The molecule has 1 aromatic heterocycles. The number of nitrogens with one attached hydrogen (secondary N) is 2. The van der Waals surface area contributed by atoms with Gasteiger partial charge in [0.2, 0.25) is 11.8 Å². The van der Waals surface area contributed by atoms with Crippen molar-refractivity contribution in [3.05, 3.63) is 60.4 Å². The van der Waals surface area contributed by atoms with E-state index in [1.807, 2.05) is 42.5 Å². The predicted molar refractivity (Wildman–Crippen MR) is 102 cm³/mol. The third kappa shape index (κ3) is 5.60. The van der Waals surface area contributed by atoms with E-state index in [-0.39, 0.29) is 24.8 Å². The second-order valence-electron chi connectivity index (χ2n) is 6.29. The van der Waals surface area contributed by atoms with E-state index in [2.05, 4.69) is 20.5 Å². The van der Waals surface area contributed by atoms with E-state index in [1.54, 1.807) is 12.4 Å². The van der Waals surface area contributed by atoms with Crippen molar-refractivity contribution in [3.8, 4) is 0 Å². The molecule has 3 rings (SSSR count). The zero-order chi connectivity index (χ0) is 18.9. The fraction of sp³-hybridized carbons (Fsp3) is 0.350. The van der Waals surface area contributed by atoms with E-state index >= 15 is 0 Å². The van der Waals surface area contributed by atoms with Gasteiger partial charge < -0.3 is 15.4 Å². The summed E-state index contributed by atoms with van der Waals surface area (Å²) in [7, 11) is 0. The highest BCUT2D eigenvalue weighted by Gasteiger charge is 2.29. The fourth-order valence-electron chi connectivity index (χ4n) is 3.04. The van der Waals surface area contributed by atoms with Crippen LogP contribution in [0.5, 0.6) is 0 Å². The predicted octanol–water partition coefficient (Wildman–Crippen LogP) is 1.60. The quantitative estimate of drug-likeness (QED) is 0.776. The maximum Gasteiger partial charge on any atom is 0.242 e. The summed E-state index contributed by atoms with van der Waals surface area (Å²) in [6, 6.07) is 12.6. The van der Waals surface area contributed by atoms with E-state index < -0.39 is 6.04 Å². The number of rotatable bonds is 7. The summed E-state index contributed by atoms with van der Waals surface area (Å²) < 4.78 is 5.39. The molecule has 2 amide bonds. The number of carbonyl (C=O) groups excluding carboxylic acids is 2. The summed E-state index contributed by atoms with van der Waals surface area (Å²) in [5.74, 6) is -0.261. The third-order valence-electron chi connectivity index (χ3n) is 4.37. The van der Waals surface area contributed by atoms with Gasteiger partial charge in [-0.3, -0.25) is 19.5 Å². The van der Waals surface area contributed by atoms with Crippen LogP contribution in [0.25, 0.3) is 0 Å². The highest BCUT2D eigenvalue weighted by Crippen LogP contribution is 2.21. The monoisotopic (exact) mass is 368 g/mol. The van der Waals surface area contributed by atoms with Crippen LogP contribution in [0.3, 0.4) is 0 Å². The lowest BCUT2D eigenvalue weighted by atomic mass is 10.1. The van der Waals surface area contributed by atoms with E-state index in [0.717, 1.165) is 11.3 Å². The molecule has 0 unspecified atom stereocenters. The van der Waals surface area contributed by atoms with E-state index in [4.69, 9.17) is 4.74 Å². The van der Waals surface area contributed by atoms with Crippen molar-refractivity contribution >= 4 is 17.5 Å². The summed E-state index contributed by atoms with van der Waals surface area (Å²) >= 11 is 0. The summed E-state index contributed by atoms with van der Waals surface area (Å²) in [6.07, 6.45) is 3.61. The van der Waals surface area contributed by atoms with Gasteiger partial charge in [0.1, 0.15) is 6.04 Å². The van der Waals surface area contributed by atoms with Crippen LogP contribution < -0.4 is 10.6 Å². The molecule has 1 saturated heterocycles. The van der Waals surface area contributed by atoms with Gasteiger partial charge in [-0.15, -0.1) is 0 Å². The number of pyridine rings is 1. The second-order valence-corrected chi connectivity index (χ2v) is 6.29. The molecular weight excluding hydrogens is 344 g/mol. The average molecular weight is 368 g/mol. The number of benzene rings is 1. The lowest BCUT2D eigenvalue weighted by Crippen LogP contribution is -2.46. The first-order valence-electron chi connectivity index (χ1n) is 9.08. The van der Waals surface area contributed by atoms with Crippen molar-refractivity contribution in [2.75, 3.05) is 38.2 Å². The largest absolute Gasteiger partial charge is 0.379 e. The Morgan fingerprint density at radius 1 is 1.11 bits per heavy atom. The number of amides is 2. The van der Waals surface area contributed by atoms with E-state index in [0.29, 0.717) is 26.3 Å². The van der Waals surface area contributed by atoms with Gasteiger partial charge in [-0.05, 0) is 23.8 Å². The van der Waals surface area contributed by atoms with Crippen LogP contribution in [0.1, 0.15) is 18.0 Å². The van der Waals surface area contributed by atoms with Gasteiger partial charge in [0.25, 0.3) is 0 Å². The minimum absolute atomic E-state index is 0.127. The Hall–Kier alpha value is -2.77. The number of hydrogen-bond donors (Lipinski definition) is 2. The molecule has 1 aromatic carbocycles. The molecule has 0 aliphatic carbocycles. The van der Waals surface area contributed by atoms with Crippen LogP contribution in [-0.2, 0) is 14.3 Å². The molecule has 0 saturated carbocycles. The molecule has 0 bridgehead atoms. The van der Waals surface area contributed by atoms with Crippen molar-refractivity contribution in [1.29, 1.82) is 0 Å². The van der Waals surface area contributed by atoms with Gasteiger partial charge in [0.15, 0.2) is 0 Å². The van der Waals surface area contributed by atoms with Gasteiger partial charge in [-0.25, -0.2) is 0 Å². The summed E-state index contributed by atoms with van der Waals surface area (Å²) in [5, 5.41) is 5.70. The van der Waals surface area contributed by atoms with Crippen molar-refractivity contribution < 1.29 is 14.3 Å². The number of hydrogen-bond acceptors (Lipinski definition) is 5. The molecule has 7 heteroatoms. The van der Waals surface area contributed by atoms with Gasteiger partial charge in [-0.1, -0.05) is 24.3 Å². The number of morpholine rings is 1. The summed E-state index contributed by atoms with van der Waals surface area (Å²) in [4.78, 5) is 31.1. The lowest BCUT2D eigenvalue weighted by Gasteiger charge is -2.33. The smallest absolute Gasteiger partial charge is 0.242 e. The first kappa shape index (κ1) is 19.0. The molecule has 0 radical (unpaired) electrons. The Labute approximate surface area is 158 Å². The Kier molecular flexibility index (Phi) is 6.90. The molecule has 7 nitrogen and oxygen atoms in total. The molecule has 2 aromatic rings. The second kappa shape index (κ2) is 9.80. The third-order valence-corrected chi connectivity index (χ3v) is 4.37. The van der Waals surface area contributed by atoms with Crippen LogP contribution in [0.2, 0.25) is 0 Å². The average Bonchev–Trinajstić information content (AvgIpc) is 2.70. The molecule has 1 atom stereocenters. The molecule has 1 aliphatic heterocycles.